The van der Waals surface area contributed by atoms with Gasteiger partial charge in [0, 0.05) is 13.0 Å². The molecular formula is C16H24N2O2. The van der Waals surface area contributed by atoms with Crippen LogP contribution in [0.2, 0.25) is 0 Å². The zero-order valence-corrected chi connectivity index (χ0v) is 12.0. The summed E-state index contributed by atoms with van der Waals surface area (Å²) in [6.45, 7) is 2.17. The molecule has 0 saturated carbocycles. The van der Waals surface area contributed by atoms with Crippen LogP contribution in [0.4, 0.5) is 0 Å². The van der Waals surface area contributed by atoms with Gasteiger partial charge in [-0.2, -0.15) is 0 Å². The summed E-state index contributed by atoms with van der Waals surface area (Å²) in [6, 6.07) is 3.68. The van der Waals surface area contributed by atoms with Crippen molar-refractivity contribution in [2.45, 2.75) is 45.1 Å². The number of hydrogen-bond donors (Lipinski definition) is 2. The summed E-state index contributed by atoms with van der Waals surface area (Å²) in [5.41, 5.74) is 1.58. The SMILES string of the molecule is O=C(CCNCCC1=CCCCC1)NCc1ccco1. The van der Waals surface area contributed by atoms with E-state index in [1.54, 1.807) is 11.8 Å². The Bertz CT molecular complexity index is 424. The van der Waals surface area contributed by atoms with Crippen molar-refractivity contribution in [3.8, 4) is 0 Å². The second kappa shape index (κ2) is 8.59. The van der Waals surface area contributed by atoms with Gasteiger partial charge in [-0.05, 0) is 50.8 Å². The average Bonchev–Trinajstić information content (AvgIpc) is 2.99. The molecule has 1 aromatic heterocycles. The zero-order valence-electron chi connectivity index (χ0n) is 12.0. The summed E-state index contributed by atoms with van der Waals surface area (Å²) in [6.07, 6.45) is 10.8. The van der Waals surface area contributed by atoms with Crippen molar-refractivity contribution in [2.24, 2.45) is 0 Å². The highest BCUT2D eigenvalue weighted by Crippen LogP contribution is 2.19. The monoisotopic (exact) mass is 276 g/mol. The number of allylic oxidation sites excluding steroid dienone is 1. The first-order valence-corrected chi connectivity index (χ1v) is 7.52. The second-order valence-corrected chi connectivity index (χ2v) is 5.21. The van der Waals surface area contributed by atoms with Crippen LogP contribution in [0.5, 0.6) is 0 Å². The Kier molecular flexibility index (Phi) is 6.38. The number of hydrogen-bond acceptors (Lipinski definition) is 3. The molecular weight excluding hydrogens is 252 g/mol. The highest BCUT2D eigenvalue weighted by molar-refractivity contribution is 5.75. The van der Waals surface area contributed by atoms with Crippen LogP contribution in [0.25, 0.3) is 0 Å². The van der Waals surface area contributed by atoms with Crippen LogP contribution in [-0.2, 0) is 11.3 Å². The number of carbonyl (C=O) groups is 1. The lowest BCUT2D eigenvalue weighted by Gasteiger charge is -2.12. The summed E-state index contributed by atoms with van der Waals surface area (Å²) < 4.78 is 5.16. The maximum absolute atomic E-state index is 11.6. The Morgan fingerprint density at radius 1 is 1.30 bits per heavy atom. The summed E-state index contributed by atoms with van der Waals surface area (Å²) in [5.74, 6) is 0.848. The van der Waals surface area contributed by atoms with E-state index in [4.69, 9.17) is 4.42 Å². The maximum atomic E-state index is 11.6. The normalized spacial score (nSPS) is 14.9. The lowest BCUT2D eigenvalue weighted by atomic mass is 9.97. The van der Waals surface area contributed by atoms with E-state index in [0.29, 0.717) is 13.0 Å². The van der Waals surface area contributed by atoms with E-state index in [2.05, 4.69) is 16.7 Å². The lowest BCUT2D eigenvalue weighted by molar-refractivity contribution is -0.121. The van der Waals surface area contributed by atoms with Crippen LogP contribution in [0.3, 0.4) is 0 Å². The van der Waals surface area contributed by atoms with Gasteiger partial charge in [0.05, 0.1) is 12.8 Å². The summed E-state index contributed by atoms with van der Waals surface area (Å²) >= 11 is 0. The smallest absolute Gasteiger partial charge is 0.221 e. The third-order valence-electron chi connectivity index (χ3n) is 3.58. The molecule has 1 amide bonds. The number of nitrogens with one attached hydrogen (secondary N) is 2. The van der Waals surface area contributed by atoms with Gasteiger partial charge in [-0.25, -0.2) is 0 Å². The summed E-state index contributed by atoms with van der Waals surface area (Å²) in [7, 11) is 0. The molecule has 2 N–H and O–H groups in total. The van der Waals surface area contributed by atoms with Gasteiger partial charge in [-0.1, -0.05) is 11.6 Å². The topological polar surface area (TPSA) is 54.3 Å². The predicted octanol–water partition coefficient (Wildman–Crippen LogP) is 2.77. The van der Waals surface area contributed by atoms with E-state index < -0.39 is 0 Å². The standard InChI is InChI=1S/C16H24N2O2/c19-16(18-13-15-7-4-12-20-15)9-11-17-10-8-14-5-2-1-3-6-14/h4-5,7,12,17H,1-3,6,8-11,13H2,(H,18,19). The van der Waals surface area contributed by atoms with Gasteiger partial charge in [0.1, 0.15) is 5.76 Å². The van der Waals surface area contributed by atoms with Crippen molar-refractivity contribution in [3.05, 3.63) is 35.8 Å². The van der Waals surface area contributed by atoms with E-state index in [0.717, 1.165) is 25.3 Å². The average molecular weight is 276 g/mol. The van der Waals surface area contributed by atoms with Crippen LogP contribution in [-0.4, -0.2) is 19.0 Å². The van der Waals surface area contributed by atoms with E-state index in [1.807, 2.05) is 12.1 Å². The molecule has 0 aliphatic heterocycles. The fourth-order valence-electron chi connectivity index (χ4n) is 2.39. The van der Waals surface area contributed by atoms with Gasteiger partial charge in [0.2, 0.25) is 5.91 Å². The molecule has 0 saturated heterocycles. The molecule has 0 aromatic carbocycles. The van der Waals surface area contributed by atoms with Gasteiger partial charge in [-0.15, -0.1) is 0 Å². The Balaban J connectivity index is 1.48. The van der Waals surface area contributed by atoms with Crippen LogP contribution in [0.1, 0.15) is 44.3 Å². The Morgan fingerprint density at radius 2 is 2.25 bits per heavy atom. The fraction of sp³-hybridized carbons (Fsp3) is 0.562. The maximum Gasteiger partial charge on any atom is 0.221 e. The predicted molar refractivity (Wildman–Crippen MR) is 79.2 cm³/mol. The molecule has 0 unspecified atom stereocenters. The second-order valence-electron chi connectivity index (χ2n) is 5.21. The number of rotatable bonds is 8. The van der Waals surface area contributed by atoms with Crippen molar-refractivity contribution < 1.29 is 9.21 Å². The highest BCUT2D eigenvalue weighted by Gasteiger charge is 2.04. The molecule has 1 aliphatic rings. The number of furan rings is 1. The van der Waals surface area contributed by atoms with Gasteiger partial charge >= 0.3 is 0 Å². The van der Waals surface area contributed by atoms with E-state index in [1.165, 1.54) is 25.7 Å². The zero-order chi connectivity index (χ0) is 14.0. The van der Waals surface area contributed by atoms with Crippen LogP contribution >= 0.6 is 0 Å². The van der Waals surface area contributed by atoms with Crippen molar-refractivity contribution >= 4 is 5.91 Å². The molecule has 110 valence electrons. The minimum atomic E-state index is 0.0609. The third kappa shape index (κ3) is 5.61. The summed E-state index contributed by atoms with van der Waals surface area (Å²) in [5, 5.41) is 6.17. The van der Waals surface area contributed by atoms with Crippen molar-refractivity contribution in [3.63, 3.8) is 0 Å². The molecule has 4 nitrogen and oxygen atoms in total. The highest BCUT2D eigenvalue weighted by atomic mass is 16.3. The van der Waals surface area contributed by atoms with Crippen molar-refractivity contribution in [2.75, 3.05) is 13.1 Å². The van der Waals surface area contributed by atoms with Gasteiger partial charge in [0.15, 0.2) is 0 Å². The van der Waals surface area contributed by atoms with Crippen LogP contribution in [0.15, 0.2) is 34.5 Å². The van der Waals surface area contributed by atoms with Crippen LogP contribution < -0.4 is 10.6 Å². The molecule has 20 heavy (non-hydrogen) atoms. The molecule has 4 heteroatoms. The van der Waals surface area contributed by atoms with E-state index in [9.17, 15) is 4.79 Å². The van der Waals surface area contributed by atoms with Gasteiger partial charge in [0.25, 0.3) is 0 Å². The van der Waals surface area contributed by atoms with Gasteiger partial charge < -0.3 is 15.1 Å². The Labute approximate surface area is 120 Å². The Morgan fingerprint density at radius 3 is 3.00 bits per heavy atom. The molecule has 1 aromatic rings. The molecule has 0 bridgehead atoms. The molecule has 0 spiro atoms. The van der Waals surface area contributed by atoms with Gasteiger partial charge in [-0.3, -0.25) is 4.79 Å². The number of amides is 1. The largest absolute Gasteiger partial charge is 0.467 e. The molecule has 0 atom stereocenters. The first kappa shape index (κ1) is 14.9. The van der Waals surface area contributed by atoms with E-state index >= 15 is 0 Å². The first-order chi connectivity index (χ1) is 9.84. The minimum absolute atomic E-state index is 0.0609. The summed E-state index contributed by atoms with van der Waals surface area (Å²) in [4.78, 5) is 11.6. The first-order valence-electron chi connectivity index (χ1n) is 7.52. The minimum Gasteiger partial charge on any atom is -0.467 e. The third-order valence-corrected chi connectivity index (χ3v) is 3.58. The van der Waals surface area contributed by atoms with Crippen molar-refractivity contribution in [1.29, 1.82) is 0 Å². The molecule has 0 radical (unpaired) electrons. The Hall–Kier alpha value is -1.55. The molecule has 1 heterocycles. The lowest BCUT2D eigenvalue weighted by Crippen LogP contribution is -2.27. The molecule has 2 rings (SSSR count). The van der Waals surface area contributed by atoms with Crippen molar-refractivity contribution in [1.82, 2.24) is 10.6 Å². The quantitative estimate of drug-likeness (QED) is 0.567. The fourth-order valence-corrected chi connectivity index (χ4v) is 2.39. The van der Waals surface area contributed by atoms with E-state index in [-0.39, 0.29) is 5.91 Å². The van der Waals surface area contributed by atoms with Crippen LogP contribution in [0, 0.1) is 0 Å². The number of carbonyl (C=O) groups excluding carboxylic acids is 1. The molecule has 1 aliphatic carbocycles. The molecule has 0 fully saturated rings.